The number of benzene rings is 1. The van der Waals surface area contributed by atoms with Crippen molar-refractivity contribution in [1.29, 1.82) is 0 Å². The van der Waals surface area contributed by atoms with E-state index >= 15 is 0 Å². The maximum absolute atomic E-state index is 11.3. The molecule has 0 fully saturated rings. The maximum atomic E-state index is 11.3. The highest BCUT2D eigenvalue weighted by molar-refractivity contribution is 5.95. The predicted molar refractivity (Wildman–Crippen MR) is 73.5 cm³/mol. The van der Waals surface area contributed by atoms with Crippen molar-refractivity contribution in [1.82, 2.24) is 5.16 Å². The highest BCUT2D eigenvalue weighted by Crippen LogP contribution is 2.22. The van der Waals surface area contributed by atoms with Crippen molar-refractivity contribution in [3.8, 4) is 17.3 Å². The molecule has 0 atom stereocenters. The molecule has 2 N–H and O–H groups in total. The molecule has 0 aliphatic rings. The molecule has 0 spiro atoms. The van der Waals surface area contributed by atoms with Crippen molar-refractivity contribution in [2.45, 2.75) is 6.61 Å². The summed E-state index contributed by atoms with van der Waals surface area (Å²) in [5.41, 5.74) is 6.20. The summed E-state index contributed by atoms with van der Waals surface area (Å²) in [6, 6.07) is 12.0. The Morgan fingerprint density at radius 2 is 2.05 bits per heavy atom. The number of aromatic nitrogens is 1. The molecular weight excluding hydrogens is 272 g/mol. The number of hydrogen-bond acceptors (Lipinski definition) is 5. The first-order valence-corrected chi connectivity index (χ1v) is 6.25. The fourth-order valence-electron chi connectivity index (χ4n) is 1.86. The summed E-state index contributed by atoms with van der Waals surface area (Å²) in [7, 11) is 0. The van der Waals surface area contributed by atoms with Gasteiger partial charge in [0.25, 0.3) is 5.91 Å². The van der Waals surface area contributed by atoms with Crippen LogP contribution in [0.3, 0.4) is 0 Å². The topological polar surface area (TPSA) is 91.5 Å². The molecule has 6 nitrogen and oxygen atoms in total. The smallest absolute Gasteiger partial charge is 0.252 e. The highest BCUT2D eigenvalue weighted by atomic mass is 16.5. The average molecular weight is 284 g/mol. The molecular formula is C15H12N2O4. The van der Waals surface area contributed by atoms with Crippen LogP contribution in [0.4, 0.5) is 0 Å². The summed E-state index contributed by atoms with van der Waals surface area (Å²) in [4.78, 5) is 11.3. The van der Waals surface area contributed by atoms with Gasteiger partial charge >= 0.3 is 0 Å². The van der Waals surface area contributed by atoms with E-state index in [1.165, 1.54) is 0 Å². The predicted octanol–water partition coefficient (Wildman–Crippen LogP) is 2.61. The van der Waals surface area contributed by atoms with Crippen LogP contribution in [-0.4, -0.2) is 11.1 Å². The number of amides is 1. The number of ether oxygens (including phenoxy) is 1. The van der Waals surface area contributed by atoms with Crippen LogP contribution in [0.2, 0.25) is 0 Å². The number of primary amides is 1. The summed E-state index contributed by atoms with van der Waals surface area (Å²) < 4.78 is 15.9. The van der Waals surface area contributed by atoms with Gasteiger partial charge in [0.05, 0.1) is 11.8 Å². The standard InChI is InChI=1S/C15H12N2O4/c16-15(18)11-4-1-2-5-12(11)20-9-10-8-14(21-17-10)13-6-3-7-19-13/h1-8H,9H2,(H2,16,18). The van der Waals surface area contributed by atoms with Crippen molar-refractivity contribution in [2.24, 2.45) is 5.73 Å². The van der Waals surface area contributed by atoms with E-state index in [9.17, 15) is 4.79 Å². The Morgan fingerprint density at radius 3 is 2.81 bits per heavy atom. The number of carbonyl (C=O) groups excluding carboxylic acids is 1. The molecule has 3 aromatic rings. The first-order chi connectivity index (χ1) is 10.2. The Kier molecular flexibility index (Phi) is 3.42. The van der Waals surface area contributed by atoms with E-state index < -0.39 is 5.91 Å². The minimum atomic E-state index is -0.540. The lowest BCUT2D eigenvalue weighted by Crippen LogP contribution is -2.12. The molecule has 2 aromatic heterocycles. The summed E-state index contributed by atoms with van der Waals surface area (Å²) >= 11 is 0. The number of furan rings is 1. The number of para-hydroxylation sites is 1. The van der Waals surface area contributed by atoms with Gasteiger partial charge in [0.15, 0.2) is 5.76 Å². The number of nitrogens with zero attached hydrogens (tertiary/aromatic N) is 1. The highest BCUT2D eigenvalue weighted by Gasteiger charge is 2.12. The third-order valence-electron chi connectivity index (χ3n) is 2.85. The Labute approximate surface area is 120 Å². The summed E-state index contributed by atoms with van der Waals surface area (Å²) in [5, 5.41) is 3.89. The molecule has 1 aromatic carbocycles. The van der Waals surface area contributed by atoms with Crippen molar-refractivity contribution in [3.63, 3.8) is 0 Å². The van der Waals surface area contributed by atoms with Crippen LogP contribution >= 0.6 is 0 Å². The lowest BCUT2D eigenvalue weighted by molar-refractivity contribution is 0.0996. The summed E-state index contributed by atoms with van der Waals surface area (Å²) in [5.74, 6) is 0.975. The normalized spacial score (nSPS) is 10.5. The van der Waals surface area contributed by atoms with Crippen LogP contribution in [0.1, 0.15) is 16.1 Å². The van der Waals surface area contributed by atoms with E-state index in [2.05, 4.69) is 5.16 Å². The van der Waals surface area contributed by atoms with Gasteiger partial charge in [-0.25, -0.2) is 0 Å². The first kappa shape index (κ1) is 13.0. The molecule has 3 rings (SSSR count). The second-order valence-corrected chi connectivity index (χ2v) is 4.31. The van der Waals surface area contributed by atoms with E-state index in [4.69, 9.17) is 19.4 Å². The molecule has 0 aliphatic carbocycles. The van der Waals surface area contributed by atoms with E-state index in [1.807, 2.05) is 0 Å². The lowest BCUT2D eigenvalue weighted by atomic mass is 10.2. The van der Waals surface area contributed by atoms with Gasteiger partial charge in [-0.15, -0.1) is 0 Å². The number of nitrogens with two attached hydrogens (primary N) is 1. The van der Waals surface area contributed by atoms with Crippen molar-refractivity contribution in [3.05, 3.63) is 60.0 Å². The van der Waals surface area contributed by atoms with Crippen LogP contribution < -0.4 is 10.5 Å². The zero-order valence-electron chi connectivity index (χ0n) is 11.0. The molecule has 0 saturated carbocycles. The van der Waals surface area contributed by atoms with Gasteiger partial charge in [0.2, 0.25) is 5.76 Å². The second-order valence-electron chi connectivity index (χ2n) is 4.31. The number of carbonyl (C=O) groups is 1. The molecule has 21 heavy (non-hydrogen) atoms. The number of hydrogen-bond donors (Lipinski definition) is 1. The summed E-state index contributed by atoms with van der Waals surface area (Å²) in [6.45, 7) is 0.161. The molecule has 0 radical (unpaired) electrons. The van der Waals surface area contributed by atoms with Crippen LogP contribution in [0, 0.1) is 0 Å². The average Bonchev–Trinajstić information content (AvgIpc) is 3.16. The van der Waals surface area contributed by atoms with Gasteiger partial charge in [0, 0.05) is 6.07 Å². The van der Waals surface area contributed by atoms with Crippen LogP contribution in [0.25, 0.3) is 11.5 Å². The van der Waals surface area contributed by atoms with E-state index in [0.29, 0.717) is 28.5 Å². The Balaban J connectivity index is 1.73. The third kappa shape index (κ3) is 2.79. The quantitative estimate of drug-likeness (QED) is 0.777. The van der Waals surface area contributed by atoms with Gasteiger partial charge < -0.3 is 19.4 Å². The van der Waals surface area contributed by atoms with E-state index in [-0.39, 0.29) is 6.61 Å². The van der Waals surface area contributed by atoms with Crippen LogP contribution in [0.5, 0.6) is 5.75 Å². The van der Waals surface area contributed by atoms with Gasteiger partial charge in [-0.05, 0) is 24.3 Å². The van der Waals surface area contributed by atoms with E-state index in [0.717, 1.165) is 0 Å². The largest absolute Gasteiger partial charge is 0.486 e. The molecule has 6 heteroatoms. The van der Waals surface area contributed by atoms with E-state index in [1.54, 1.807) is 48.7 Å². The van der Waals surface area contributed by atoms with Gasteiger partial charge in [-0.1, -0.05) is 17.3 Å². The van der Waals surface area contributed by atoms with Gasteiger partial charge in [0.1, 0.15) is 18.1 Å². The van der Waals surface area contributed by atoms with Crippen molar-refractivity contribution >= 4 is 5.91 Å². The van der Waals surface area contributed by atoms with Gasteiger partial charge in [-0.3, -0.25) is 4.79 Å². The summed E-state index contributed by atoms with van der Waals surface area (Å²) in [6.07, 6.45) is 1.55. The Hall–Kier alpha value is -3.02. The fourth-order valence-corrected chi connectivity index (χ4v) is 1.86. The first-order valence-electron chi connectivity index (χ1n) is 6.25. The van der Waals surface area contributed by atoms with Crippen LogP contribution in [0.15, 0.2) is 57.7 Å². The number of rotatable bonds is 5. The molecule has 1 amide bonds. The molecule has 0 bridgehead atoms. The van der Waals surface area contributed by atoms with Gasteiger partial charge in [-0.2, -0.15) is 0 Å². The zero-order chi connectivity index (χ0) is 14.7. The van der Waals surface area contributed by atoms with Crippen molar-refractivity contribution < 1.29 is 18.5 Å². The monoisotopic (exact) mass is 284 g/mol. The lowest BCUT2D eigenvalue weighted by Gasteiger charge is -2.07. The zero-order valence-corrected chi connectivity index (χ0v) is 11.0. The van der Waals surface area contributed by atoms with Crippen LogP contribution in [-0.2, 0) is 6.61 Å². The minimum Gasteiger partial charge on any atom is -0.486 e. The minimum absolute atomic E-state index is 0.161. The molecule has 2 heterocycles. The van der Waals surface area contributed by atoms with Crippen molar-refractivity contribution in [2.75, 3.05) is 0 Å². The third-order valence-corrected chi connectivity index (χ3v) is 2.85. The maximum Gasteiger partial charge on any atom is 0.252 e. The molecule has 0 saturated heterocycles. The fraction of sp³-hybridized carbons (Fsp3) is 0.0667. The Bertz CT molecular complexity index is 747. The molecule has 0 aliphatic heterocycles. The Morgan fingerprint density at radius 1 is 1.19 bits per heavy atom. The SMILES string of the molecule is NC(=O)c1ccccc1OCc1cc(-c2ccco2)on1. The molecule has 0 unspecified atom stereocenters. The molecule has 106 valence electrons. The second kappa shape index (κ2) is 5.54.